The number of carbonyl (C=O) groups excluding carboxylic acids is 1. The number of ether oxygens (including phenoxy) is 1. The molecule has 3 aromatic rings. The Morgan fingerprint density at radius 2 is 1.85 bits per heavy atom. The number of aromatic nitrogens is 4. The summed E-state index contributed by atoms with van der Waals surface area (Å²) in [7, 11) is 3.09. The molecule has 0 aliphatic carbocycles. The molecule has 1 unspecified atom stereocenters. The molecule has 0 saturated carbocycles. The van der Waals surface area contributed by atoms with Gasteiger partial charge in [-0.15, -0.1) is 0 Å². The molecule has 1 saturated heterocycles. The van der Waals surface area contributed by atoms with Crippen LogP contribution in [0.3, 0.4) is 0 Å². The summed E-state index contributed by atoms with van der Waals surface area (Å²) in [5.74, 6) is 0.598. The largest absolute Gasteiger partial charge is 0.444 e. The highest BCUT2D eigenvalue weighted by Gasteiger charge is 2.30. The van der Waals surface area contributed by atoms with E-state index in [1.165, 1.54) is 11.6 Å². The molecular formula is C23H30N6O4. The molecule has 1 aliphatic heterocycles. The molecule has 10 heteroatoms. The second-order valence-corrected chi connectivity index (χ2v) is 9.44. The quantitative estimate of drug-likeness (QED) is 0.642. The summed E-state index contributed by atoms with van der Waals surface area (Å²) < 4.78 is 9.74. The van der Waals surface area contributed by atoms with Crippen molar-refractivity contribution in [2.24, 2.45) is 14.1 Å². The Kier molecular flexibility index (Phi) is 5.77. The molecule has 1 fully saturated rings. The highest BCUT2D eigenvalue weighted by atomic mass is 16.6. The minimum absolute atomic E-state index is 0.114. The Balaban J connectivity index is 1.72. The highest BCUT2D eigenvalue weighted by Crippen LogP contribution is 2.25. The van der Waals surface area contributed by atoms with Gasteiger partial charge in [0.05, 0.1) is 12.6 Å². The van der Waals surface area contributed by atoms with Crippen LogP contribution in [0, 0.1) is 0 Å². The summed E-state index contributed by atoms with van der Waals surface area (Å²) in [6, 6.07) is 9.68. The maximum atomic E-state index is 13.1. The van der Waals surface area contributed by atoms with E-state index in [0.29, 0.717) is 43.2 Å². The molecule has 10 nitrogen and oxygen atoms in total. The number of nitrogens with one attached hydrogen (secondary N) is 1. The Morgan fingerprint density at radius 1 is 1.15 bits per heavy atom. The summed E-state index contributed by atoms with van der Waals surface area (Å²) in [4.78, 5) is 44.5. The summed E-state index contributed by atoms with van der Waals surface area (Å²) >= 11 is 0. The van der Waals surface area contributed by atoms with Gasteiger partial charge in [-0.25, -0.2) is 9.59 Å². The van der Waals surface area contributed by atoms with E-state index in [9.17, 15) is 14.4 Å². The zero-order valence-electron chi connectivity index (χ0n) is 19.7. The maximum absolute atomic E-state index is 13.1. The van der Waals surface area contributed by atoms with Gasteiger partial charge in [0.25, 0.3) is 5.56 Å². The first-order valence-corrected chi connectivity index (χ1v) is 11.0. The van der Waals surface area contributed by atoms with Crippen LogP contribution >= 0.6 is 0 Å². The number of carbonyl (C=O) groups is 1. The standard InChI is InChI=1S/C23H30N6O4/c1-23(2,3)33-21(31)24-16-11-12-28(14-16)20-25-18-17(19(30)27(5)22(32)26(18)4)29(20)13-15-9-7-6-8-10-15/h6-10,16H,11-14H2,1-5H3,(H,24,31). The van der Waals surface area contributed by atoms with Crippen LogP contribution in [0.1, 0.15) is 32.8 Å². The highest BCUT2D eigenvalue weighted by molar-refractivity contribution is 5.75. The average Bonchev–Trinajstić information content (AvgIpc) is 3.35. The molecule has 33 heavy (non-hydrogen) atoms. The van der Waals surface area contributed by atoms with Crippen molar-refractivity contribution < 1.29 is 9.53 Å². The van der Waals surface area contributed by atoms with Gasteiger partial charge in [0, 0.05) is 27.2 Å². The van der Waals surface area contributed by atoms with Gasteiger partial charge in [0.2, 0.25) is 5.95 Å². The monoisotopic (exact) mass is 454 g/mol. The number of aryl methyl sites for hydroxylation is 1. The van der Waals surface area contributed by atoms with Crippen LogP contribution in [-0.4, -0.2) is 49.5 Å². The van der Waals surface area contributed by atoms with Gasteiger partial charge < -0.3 is 15.0 Å². The van der Waals surface area contributed by atoms with Crippen molar-refractivity contribution in [1.29, 1.82) is 0 Å². The summed E-state index contributed by atoms with van der Waals surface area (Å²) in [6.07, 6.45) is 0.258. The predicted octanol–water partition coefficient (Wildman–Crippen LogP) is 1.59. The fourth-order valence-electron chi connectivity index (χ4n) is 4.13. The SMILES string of the molecule is Cn1c(=O)c2c(nc(N3CCC(NC(=O)OC(C)(C)C)C3)n2Cc2ccccc2)n(C)c1=O. The topological polar surface area (TPSA) is 103 Å². The lowest BCUT2D eigenvalue weighted by Gasteiger charge is -2.22. The second-order valence-electron chi connectivity index (χ2n) is 9.44. The Labute approximate surface area is 191 Å². The number of nitrogens with zero attached hydrogens (tertiary/aromatic N) is 5. The van der Waals surface area contributed by atoms with Crippen molar-refractivity contribution in [2.75, 3.05) is 18.0 Å². The third-order valence-corrected chi connectivity index (χ3v) is 5.70. The number of benzene rings is 1. The van der Waals surface area contributed by atoms with Crippen molar-refractivity contribution in [1.82, 2.24) is 24.0 Å². The van der Waals surface area contributed by atoms with Crippen LogP contribution in [0.5, 0.6) is 0 Å². The van der Waals surface area contributed by atoms with E-state index < -0.39 is 17.4 Å². The lowest BCUT2D eigenvalue weighted by atomic mass is 10.2. The molecule has 1 aromatic carbocycles. The van der Waals surface area contributed by atoms with E-state index >= 15 is 0 Å². The van der Waals surface area contributed by atoms with Gasteiger partial charge in [-0.3, -0.25) is 18.5 Å². The molecule has 4 rings (SSSR count). The van der Waals surface area contributed by atoms with Crippen molar-refractivity contribution in [3.63, 3.8) is 0 Å². The lowest BCUT2D eigenvalue weighted by Crippen LogP contribution is -2.40. The summed E-state index contributed by atoms with van der Waals surface area (Å²) in [6.45, 7) is 7.07. The van der Waals surface area contributed by atoms with Crippen LogP contribution in [0.15, 0.2) is 39.9 Å². The summed E-state index contributed by atoms with van der Waals surface area (Å²) in [5, 5.41) is 2.92. The van der Waals surface area contributed by atoms with Gasteiger partial charge in [-0.05, 0) is 32.8 Å². The first-order chi connectivity index (χ1) is 15.5. The number of alkyl carbamates (subject to hydrolysis) is 1. The van der Waals surface area contributed by atoms with Crippen molar-refractivity contribution in [3.05, 3.63) is 56.7 Å². The Bertz CT molecular complexity index is 1300. The van der Waals surface area contributed by atoms with Gasteiger partial charge in [-0.1, -0.05) is 30.3 Å². The first kappa shape index (κ1) is 22.6. The molecule has 2 aromatic heterocycles. The lowest BCUT2D eigenvalue weighted by molar-refractivity contribution is 0.0509. The van der Waals surface area contributed by atoms with Crippen molar-refractivity contribution in [2.45, 2.75) is 45.4 Å². The zero-order valence-corrected chi connectivity index (χ0v) is 19.7. The number of anilines is 1. The molecular weight excluding hydrogens is 424 g/mol. The van der Waals surface area contributed by atoms with Crippen LogP contribution in [0.4, 0.5) is 10.7 Å². The van der Waals surface area contributed by atoms with Gasteiger partial charge in [0.15, 0.2) is 11.2 Å². The number of hydrogen-bond donors (Lipinski definition) is 1. The minimum Gasteiger partial charge on any atom is -0.444 e. The maximum Gasteiger partial charge on any atom is 0.407 e. The zero-order chi connectivity index (χ0) is 23.9. The molecule has 176 valence electrons. The fourth-order valence-corrected chi connectivity index (χ4v) is 4.13. The average molecular weight is 455 g/mol. The minimum atomic E-state index is -0.573. The molecule has 1 atom stereocenters. The van der Waals surface area contributed by atoms with Crippen LogP contribution < -0.4 is 21.5 Å². The smallest absolute Gasteiger partial charge is 0.407 e. The van der Waals surface area contributed by atoms with E-state index in [1.807, 2.05) is 60.6 Å². The van der Waals surface area contributed by atoms with E-state index in [0.717, 1.165) is 10.1 Å². The molecule has 1 amide bonds. The van der Waals surface area contributed by atoms with Gasteiger partial charge in [0.1, 0.15) is 5.60 Å². The third kappa shape index (κ3) is 4.50. The molecule has 1 N–H and O–H groups in total. The van der Waals surface area contributed by atoms with Crippen LogP contribution in [0.2, 0.25) is 0 Å². The number of hydrogen-bond acceptors (Lipinski definition) is 6. The van der Waals surface area contributed by atoms with Crippen molar-refractivity contribution >= 4 is 23.2 Å². The van der Waals surface area contributed by atoms with Gasteiger partial charge in [-0.2, -0.15) is 4.98 Å². The second kappa shape index (κ2) is 8.42. The molecule has 3 heterocycles. The van der Waals surface area contributed by atoms with Crippen molar-refractivity contribution in [3.8, 4) is 0 Å². The first-order valence-electron chi connectivity index (χ1n) is 11.0. The molecule has 0 spiro atoms. The number of imidazole rings is 1. The van der Waals surface area contributed by atoms with E-state index in [4.69, 9.17) is 9.72 Å². The fraction of sp³-hybridized carbons (Fsp3) is 0.478. The van der Waals surface area contributed by atoms with Crippen LogP contribution in [0.25, 0.3) is 11.2 Å². The van der Waals surface area contributed by atoms with E-state index in [2.05, 4.69) is 5.32 Å². The molecule has 0 radical (unpaired) electrons. The van der Waals surface area contributed by atoms with Gasteiger partial charge >= 0.3 is 11.8 Å². The number of fused-ring (bicyclic) bond motifs is 1. The molecule has 0 bridgehead atoms. The predicted molar refractivity (Wildman–Crippen MR) is 126 cm³/mol. The normalized spacial score (nSPS) is 16.4. The van der Waals surface area contributed by atoms with E-state index in [-0.39, 0.29) is 11.6 Å². The number of rotatable bonds is 4. The van der Waals surface area contributed by atoms with E-state index in [1.54, 1.807) is 7.05 Å². The Morgan fingerprint density at radius 3 is 2.52 bits per heavy atom. The number of amides is 1. The van der Waals surface area contributed by atoms with Crippen LogP contribution in [-0.2, 0) is 25.4 Å². The Hall–Kier alpha value is -3.56. The third-order valence-electron chi connectivity index (χ3n) is 5.70. The summed E-state index contributed by atoms with van der Waals surface area (Å²) in [5.41, 5.74) is 0.354. The molecule has 1 aliphatic rings.